The number of aliphatic hydroxyl groups excluding tert-OH is 1. The second kappa shape index (κ2) is 6.14. The van der Waals surface area contributed by atoms with Crippen molar-refractivity contribution in [3.63, 3.8) is 0 Å². The third-order valence-electron chi connectivity index (χ3n) is 3.67. The summed E-state index contributed by atoms with van der Waals surface area (Å²) in [6.07, 6.45) is -0.419. The van der Waals surface area contributed by atoms with Gasteiger partial charge < -0.3 is 5.11 Å². The highest BCUT2D eigenvalue weighted by Crippen LogP contribution is 2.35. The molecule has 0 heterocycles. The van der Waals surface area contributed by atoms with Crippen molar-refractivity contribution in [2.45, 2.75) is 32.3 Å². The van der Waals surface area contributed by atoms with Crippen LogP contribution in [0.4, 0.5) is 8.78 Å². The zero-order chi connectivity index (χ0) is 14.7. The first-order chi connectivity index (χ1) is 9.56. The molecule has 0 aliphatic carbocycles. The van der Waals surface area contributed by atoms with E-state index in [4.69, 9.17) is 0 Å². The molecule has 20 heavy (non-hydrogen) atoms. The number of hydrogen-bond acceptors (Lipinski definition) is 1. The van der Waals surface area contributed by atoms with Crippen molar-refractivity contribution in [3.05, 3.63) is 70.8 Å². The van der Waals surface area contributed by atoms with Crippen molar-refractivity contribution in [2.24, 2.45) is 0 Å². The van der Waals surface area contributed by atoms with Gasteiger partial charge >= 0.3 is 0 Å². The van der Waals surface area contributed by atoms with Crippen molar-refractivity contribution in [2.75, 3.05) is 0 Å². The first-order valence-electron chi connectivity index (χ1n) is 6.73. The van der Waals surface area contributed by atoms with E-state index in [-0.39, 0.29) is 17.0 Å². The van der Waals surface area contributed by atoms with E-state index in [1.54, 1.807) is 0 Å². The maximum Gasteiger partial charge on any atom is 0.164 e. The van der Waals surface area contributed by atoms with Crippen LogP contribution in [0.5, 0.6) is 0 Å². The molecule has 0 aliphatic heterocycles. The highest BCUT2D eigenvalue weighted by molar-refractivity contribution is 5.31. The van der Waals surface area contributed by atoms with E-state index in [1.807, 2.05) is 37.3 Å². The van der Waals surface area contributed by atoms with Crippen molar-refractivity contribution in [1.82, 2.24) is 0 Å². The molecule has 0 saturated heterocycles. The summed E-state index contributed by atoms with van der Waals surface area (Å²) >= 11 is 0. The lowest BCUT2D eigenvalue weighted by atomic mass is 9.86. The number of halogens is 2. The summed E-state index contributed by atoms with van der Waals surface area (Å²) in [6.45, 7) is 3.42. The number of benzene rings is 2. The van der Waals surface area contributed by atoms with Crippen molar-refractivity contribution < 1.29 is 13.9 Å². The summed E-state index contributed by atoms with van der Waals surface area (Å²) in [5.41, 5.74) is 1.18. The van der Waals surface area contributed by atoms with Crippen LogP contribution in [0.15, 0.2) is 42.5 Å². The van der Waals surface area contributed by atoms with Gasteiger partial charge in [0.05, 0.1) is 6.10 Å². The average molecular weight is 276 g/mol. The van der Waals surface area contributed by atoms with E-state index in [0.29, 0.717) is 6.42 Å². The first kappa shape index (κ1) is 14.7. The fourth-order valence-electron chi connectivity index (χ4n) is 2.45. The van der Waals surface area contributed by atoms with Crippen LogP contribution < -0.4 is 0 Å². The third-order valence-corrected chi connectivity index (χ3v) is 3.67. The Hall–Kier alpha value is -1.74. The predicted molar refractivity (Wildman–Crippen MR) is 75.5 cm³/mol. The lowest BCUT2D eigenvalue weighted by Crippen LogP contribution is -2.13. The number of aliphatic hydroxyl groups is 1. The molecule has 2 unspecified atom stereocenters. The lowest BCUT2D eigenvalue weighted by Gasteiger charge is -2.23. The van der Waals surface area contributed by atoms with E-state index in [0.717, 1.165) is 5.56 Å². The van der Waals surface area contributed by atoms with E-state index < -0.39 is 17.7 Å². The minimum absolute atomic E-state index is 0.0174. The van der Waals surface area contributed by atoms with Crippen molar-refractivity contribution >= 4 is 0 Å². The van der Waals surface area contributed by atoms with Crippen molar-refractivity contribution in [1.29, 1.82) is 0 Å². The molecule has 3 heteroatoms. The fraction of sp³-hybridized carbons (Fsp3) is 0.294. The van der Waals surface area contributed by atoms with Gasteiger partial charge in [0.25, 0.3) is 0 Å². The van der Waals surface area contributed by atoms with Gasteiger partial charge in [0, 0.05) is 11.5 Å². The summed E-state index contributed by atoms with van der Waals surface area (Å²) < 4.78 is 27.6. The molecule has 2 atom stereocenters. The molecular formula is C17H18F2O. The molecular weight excluding hydrogens is 258 g/mol. The Morgan fingerprint density at radius 1 is 1.00 bits per heavy atom. The molecule has 2 aromatic rings. The fourth-order valence-corrected chi connectivity index (χ4v) is 2.45. The van der Waals surface area contributed by atoms with Crippen LogP contribution >= 0.6 is 0 Å². The summed E-state index contributed by atoms with van der Waals surface area (Å²) in [6, 6.07) is 12.4. The van der Waals surface area contributed by atoms with Crippen molar-refractivity contribution in [3.8, 4) is 0 Å². The van der Waals surface area contributed by atoms with Gasteiger partial charge in [-0.3, -0.25) is 0 Å². The summed E-state index contributed by atoms with van der Waals surface area (Å²) in [4.78, 5) is 0. The first-order valence-corrected chi connectivity index (χ1v) is 6.73. The van der Waals surface area contributed by atoms with Gasteiger partial charge in [-0.2, -0.15) is 0 Å². The maximum atomic E-state index is 14.0. The molecule has 0 amide bonds. The van der Waals surface area contributed by atoms with Gasteiger partial charge in [-0.25, -0.2) is 8.78 Å². The Balaban J connectivity index is 2.39. The quantitative estimate of drug-likeness (QED) is 0.871. The molecule has 2 rings (SSSR count). The molecule has 0 saturated carbocycles. The van der Waals surface area contributed by atoms with E-state index in [1.165, 1.54) is 19.1 Å². The molecule has 2 aromatic carbocycles. The second-order valence-electron chi connectivity index (χ2n) is 4.97. The summed E-state index contributed by atoms with van der Waals surface area (Å²) in [5, 5.41) is 10.4. The van der Waals surface area contributed by atoms with Gasteiger partial charge in [0.15, 0.2) is 11.6 Å². The predicted octanol–water partition coefficient (Wildman–Crippen LogP) is 4.50. The van der Waals surface area contributed by atoms with Crippen LogP contribution in [0.25, 0.3) is 0 Å². The lowest BCUT2D eigenvalue weighted by molar-refractivity contribution is 0.137. The number of aryl methyl sites for hydroxylation is 1. The van der Waals surface area contributed by atoms with Gasteiger partial charge in [-0.05, 0) is 24.5 Å². The standard InChI is InChI=1S/C17H18F2O/c1-3-13(12-7-5-4-6-8-12)17(20)14-10-9-11(2)15(18)16(14)19/h4-10,13,17,20H,3H2,1-2H3. The Bertz CT molecular complexity index is 581. The van der Waals surface area contributed by atoms with Gasteiger partial charge in [-0.1, -0.05) is 49.4 Å². The number of rotatable bonds is 4. The molecule has 0 aromatic heterocycles. The molecule has 1 nitrogen and oxygen atoms in total. The van der Waals surface area contributed by atoms with Gasteiger partial charge in [0.1, 0.15) is 0 Å². The Morgan fingerprint density at radius 2 is 1.65 bits per heavy atom. The highest BCUT2D eigenvalue weighted by atomic mass is 19.2. The SMILES string of the molecule is CCC(c1ccccc1)C(O)c1ccc(C)c(F)c1F. The van der Waals surface area contributed by atoms with Gasteiger partial charge in [-0.15, -0.1) is 0 Å². The molecule has 0 radical (unpaired) electrons. The number of hydrogen-bond donors (Lipinski definition) is 1. The molecule has 0 spiro atoms. The minimum atomic E-state index is -1.06. The molecule has 0 bridgehead atoms. The average Bonchev–Trinajstić information content (AvgIpc) is 2.47. The summed E-state index contributed by atoms with van der Waals surface area (Å²) in [7, 11) is 0. The zero-order valence-electron chi connectivity index (χ0n) is 11.6. The zero-order valence-corrected chi connectivity index (χ0v) is 11.6. The van der Waals surface area contributed by atoms with Crippen LogP contribution in [0.3, 0.4) is 0 Å². The van der Waals surface area contributed by atoms with Gasteiger partial charge in [0.2, 0.25) is 0 Å². The van der Waals surface area contributed by atoms with Crippen LogP contribution in [0.1, 0.15) is 42.1 Å². The monoisotopic (exact) mass is 276 g/mol. The molecule has 1 N–H and O–H groups in total. The third kappa shape index (κ3) is 2.73. The smallest absolute Gasteiger partial charge is 0.164 e. The highest BCUT2D eigenvalue weighted by Gasteiger charge is 2.25. The minimum Gasteiger partial charge on any atom is -0.388 e. The molecule has 0 aliphatic rings. The van der Waals surface area contributed by atoms with Crippen LogP contribution in [-0.4, -0.2) is 5.11 Å². The second-order valence-corrected chi connectivity index (χ2v) is 4.97. The normalized spacial score (nSPS) is 14.1. The summed E-state index contributed by atoms with van der Waals surface area (Å²) in [5.74, 6) is -2.09. The molecule has 106 valence electrons. The van der Waals surface area contributed by atoms with Crippen LogP contribution in [0.2, 0.25) is 0 Å². The van der Waals surface area contributed by atoms with E-state index in [9.17, 15) is 13.9 Å². The topological polar surface area (TPSA) is 20.2 Å². The van der Waals surface area contributed by atoms with E-state index >= 15 is 0 Å². The largest absolute Gasteiger partial charge is 0.388 e. The van der Waals surface area contributed by atoms with E-state index in [2.05, 4.69) is 0 Å². The van der Waals surface area contributed by atoms with Crippen LogP contribution in [0, 0.1) is 18.6 Å². The van der Waals surface area contributed by atoms with Crippen LogP contribution in [-0.2, 0) is 0 Å². The Morgan fingerprint density at radius 3 is 2.25 bits per heavy atom. The molecule has 0 fully saturated rings. The Kier molecular flexibility index (Phi) is 4.50. The Labute approximate surface area is 117 Å². The maximum absolute atomic E-state index is 14.0.